The molecule has 0 aromatic heterocycles. The number of carbonyl (C=O) groups excluding carboxylic acids is 2. The highest BCUT2D eigenvalue weighted by atomic mass is 16.6. The van der Waals surface area contributed by atoms with Crippen molar-refractivity contribution in [2.24, 2.45) is 5.73 Å². The zero-order valence-electron chi connectivity index (χ0n) is 10.8. The van der Waals surface area contributed by atoms with Gasteiger partial charge < -0.3 is 20.9 Å². The number of aliphatic hydroxyl groups excluding tert-OH is 1. The van der Waals surface area contributed by atoms with Gasteiger partial charge in [-0.05, 0) is 34.1 Å². The fourth-order valence-electron chi connectivity index (χ4n) is 1.19. The number of amides is 2. The maximum atomic E-state index is 11.5. The minimum Gasteiger partial charge on any atom is -0.444 e. The molecule has 2 atom stereocenters. The van der Waals surface area contributed by atoms with E-state index in [0.29, 0.717) is 0 Å². The summed E-state index contributed by atoms with van der Waals surface area (Å²) >= 11 is 0. The monoisotopic (exact) mass is 246 g/mol. The number of hydrogen-bond donors (Lipinski definition) is 3. The third-order valence-corrected chi connectivity index (χ3v) is 1.99. The molecule has 0 rings (SSSR count). The predicted octanol–water partition coefficient (Wildman–Crippen LogP) is 0.526. The molecule has 0 aromatic carbocycles. The van der Waals surface area contributed by atoms with Gasteiger partial charge in [-0.25, -0.2) is 4.79 Å². The van der Waals surface area contributed by atoms with Gasteiger partial charge in [0.15, 0.2) is 0 Å². The Morgan fingerprint density at radius 2 is 1.94 bits per heavy atom. The molecule has 0 spiro atoms. The van der Waals surface area contributed by atoms with E-state index in [0.717, 1.165) is 0 Å². The van der Waals surface area contributed by atoms with E-state index in [4.69, 9.17) is 10.5 Å². The van der Waals surface area contributed by atoms with Gasteiger partial charge in [0.2, 0.25) is 5.91 Å². The highest BCUT2D eigenvalue weighted by molar-refractivity contribution is 5.74. The van der Waals surface area contributed by atoms with Crippen LogP contribution in [0, 0.1) is 0 Å². The zero-order chi connectivity index (χ0) is 13.6. The first kappa shape index (κ1) is 15.7. The quantitative estimate of drug-likeness (QED) is 0.658. The van der Waals surface area contributed by atoms with E-state index in [1.54, 1.807) is 20.8 Å². The van der Waals surface area contributed by atoms with Crippen molar-refractivity contribution in [2.75, 3.05) is 0 Å². The van der Waals surface area contributed by atoms with Crippen molar-refractivity contribution in [3.63, 3.8) is 0 Å². The molecule has 2 unspecified atom stereocenters. The van der Waals surface area contributed by atoms with Gasteiger partial charge in [0.05, 0.1) is 12.1 Å². The number of aliphatic hydroxyl groups is 1. The Bertz CT molecular complexity index is 271. The lowest BCUT2D eigenvalue weighted by Gasteiger charge is -2.24. The van der Waals surface area contributed by atoms with E-state index in [9.17, 15) is 14.7 Å². The third-order valence-electron chi connectivity index (χ3n) is 1.99. The normalized spacial score (nSPS) is 14.9. The van der Waals surface area contributed by atoms with E-state index in [-0.39, 0.29) is 12.8 Å². The van der Waals surface area contributed by atoms with E-state index in [1.807, 2.05) is 0 Å². The maximum Gasteiger partial charge on any atom is 0.407 e. The van der Waals surface area contributed by atoms with Gasteiger partial charge in [-0.15, -0.1) is 0 Å². The Hall–Kier alpha value is -1.30. The lowest BCUT2D eigenvalue weighted by atomic mass is 10.1. The molecular formula is C11H22N2O4. The average molecular weight is 246 g/mol. The molecular weight excluding hydrogens is 224 g/mol. The summed E-state index contributed by atoms with van der Waals surface area (Å²) in [5.41, 5.74) is 4.41. The molecule has 4 N–H and O–H groups in total. The molecule has 0 aromatic rings. The topological polar surface area (TPSA) is 102 Å². The van der Waals surface area contributed by atoms with Gasteiger partial charge in [0, 0.05) is 6.42 Å². The minimum atomic E-state index is -0.776. The van der Waals surface area contributed by atoms with Crippen LogP contribution >= 0.6 is 0 Å². The highest BCUT2D eigenvalue weighted by Crippen LogP contribution is 2.08. The molecule has 6 heteroatoms. The minimum absolute atomic E-state index is 0.103. The van der Waals surface area contributed by atoms with Gasteiger partial charge in [-0.2, -0.15) is 0 Å². The SMILES string of the molecule is CC(O)C(CCC(N)=O)NC(=O)OC(C)(C)C. The molecule has 0 aliphatic rings. The van der Waals surface area contributed by atoms with Crippen LogP contribution in [0.1, 0.15) is 40.5 Å². The van der Waals surface area contributed by atoms with Crippen LogP contribution in [0.2, 0.25) is 0 Å². The van der Waals surface area contributed by atoms with Crippen molar-refractivity contribution >= 4 is 12.0 Å². The summed E-state index contributed by atoms with van der Waals surface area (Å²) in [6, 6.07) is -0.544. The van der Waals surface area contributed by atoms with Crippen molar-refractivity contribution in [1.29, 1.82) is 0 Å². The van der Waals surface area contributed by atoms with E-state index < -0.39 is 29.7 Å². The number of hydrogen-bond acceptors (Lipinski definition) is 4. The molecule has 17 heavy (non-hydrogen) atoms. The first-order chi connectivity index (χ1) is 7.61. The average Bonchev–Trinajstić information content (AvgIpc) is 2.08. The van der Waals surface area contributed by atoms with E-state index in [2.05, 4.69) is 5.32 Å². The second kappa shape index (κ2) is 6.44. The molecule has 0 bridgehead atoms. The highest BCUT2D eigenvalue weighted by Gasteiger charge is 2.22. The maximum absolute atomic E-state index is 11.5. The molecule has 0 saturated carbocycles. The third kappa shape index (κ3) is 8.50. The van der Waals surface area contributed by atoms with Gasteiger partial charge >= 0.3 is 6.09 Å². The van der Waals surface area contributed by atoms with Crippen molar-refractivity contribution < 1.29 is 19.4 Å². The van der Waals surface area contributed by atoms with E-state index in [1.165, 1.54) is 6.92 Å². The van der Waals surface area contributed by atoms with Crippen LogP contribution in [0.4, 0.5) is 4.79 Å². The Balaban J connectivity index is 4.25. The van der Waals surface area contributed by atoms with Crippen LogP contribution in [-0.2, 0) is 9.53 Å². The van der Waals surface area contributed by atoms with Gasteiger partial charge in [0.25, 0.3) is 0 Å². The van der Waals surface area contributed by atoms with E-state index >= 15 is 0 Å². The molecule has 2 amide bonds. The summed E-state index contributed by atoms with van der Waals surface area (Å²) in [4.78, 5) is 22.1. The van der Waals surface area contributed by atoms with Crippen molar-refractivity contribution in [1.82, 2.24) is 5.32 Å². The fraction of sp³-hybridized carbons (Fsp3) is 0.818. The van der Waals surface area contributed by atoms with Crippen LogP contribution in [-0.4, -0.2) is 34.9 Å². The molecule has 0 radical (unpaired) electrons. The van der Waals surface area contributed by atoms with Crippen LogP contribution in [0.15, 0.2) is 0 Å². The predicted molar refractivity (Wildman–Crippen MR) is 63.3 cm³/mol. The molecule has 6 nitrogen and oxygen atoms in total. The van der Waals surface area contributed by atoms with Gasteiger partial charge in [-0.1, -0.05) is 0 Å². The van der Waals surface area contributed by atoms with Crippen LogP contribution in [0.5, 0.6) is 0 Å². The largest absolute Gasteiger partial charge is 0.444 e. The molecule has 100 valence electrons. The summed E-state index contributed by atoms with van der Waals surface area (Å²) in [5, 5.41) is 12.0. The Kier molecular flexibility index (Phi) is 5.95. The molecule has 0 fully saturated rings. The Morgan fingerprint density at radius 3 is 2.29 bits per heavy atom. The molecule has 0 heterocycles. The summed E-state index contributed by atoms with van der Waals surface area (Å²) < 4.78 is 5.05. The molecule has 0 saturated heterocycles. The summed E-state index contributed by atoms with van der Waals surface area (Å²) in [7, 11) is 0. The summed E-state index contributed by atoms with van der Waals surface area (Å²) in [6.07, 6.45) is -1.01. The van der Waals surface area contributed by atoms with Crippen LogP contribution < -0.4 is 11.1 Å². The first-order valence-electron chi connectivity index (χ1n) is 5.57. The number of nitrogens with two attached hydrogens (primary N) is 1. The number of alkyl carbamates (subject to hydrolysis) is 1. The van der Waals surface area contributed by atoms with Crippen LogP contribution in [0.3, 0.4) is 0 Å². The van der Waals surface area contributed by atoms with Crippen molar-refractivity contribution in [2.45, 2.75) is 58.3 Å². The second-order valence-electron chi connectivity index (χ2n) is 5.00. The molecule has 0 aliphatic carbocycles. The van der Waals surface area contributed by atoms with Crippen molar-refractivity contribution in [3.8, 4) is 0 Å². The molecule has 0 aliphatic heterocycles. The number of ether oxygens (including phenoxy) is 1. The lowest BCUT2D eigenvalue weighted by molar-refractivity contribution is -0.118. The summed E-state index contributed by atoms with van der Waals surface area (Å²) in [6.45, 7) is 6.76. The first-order valence-corrected chi connectivity index (χ1v) is 5.57. The number of primary amides is 1. The fourth-order valence-corrected chi connectivity index (χ4v) is 1.19. The number of rotatable bonds is 5. The van der Waals surface area contributed by atoms with Crippen LogP contribution in [0.25, 0.3) is 0 Å². The van der Waals surface area contributed by atoms with Gasteiger partial charge in [0.1, 0.15) is 5.60 Å². The zero-order valence-corrected chi connectivity index (χ0v) is 10.8. The van der Waals surface area contributed by atoms with Gasteiger partial charge in [-0.3, -0.25) is 4.79 Å². The smallest absolute Gasteiger partial charge is 0.407 e. The Labute approximate surface area is 102 Å². The summed E-state index contributed by atoms with van der Waals surface area (Å²) in [5.74, 6) is -0.471. The standard InChI is InChI=1S/C11H22N2O4/c1-7(14)8(5-6-9(12)15)13-10(16)17-11(2,3)4/h7-8,14H,5-6H2,1-4H3,(H2,12,15)(H,13,16). The Morgan fingerprint density at radius 1 is 1.41 bits per heavy atom. The number of nitrogens with one attached hydrogen (secondary N) is 1. The number of carbonyl (C=O) groups is 2. The second-order valence-corrected chi connectivity index (χ2v) is 5.00. The van der Waals surface area contributed by atoms with Crippen molar-refractivity contribution in [3.05, 3.63) is 0 Å². The lowest BCUT2D eigenvalue weighted by Crippen LogP contribution is -2.44.